The fourth-order valence-corrected chi connectivity index (χ4v) is 4.82. The highest BCUT2D eigenvalue weighted by Crippen LogP contribution is 2.25. The van der Waals surface area contributed by atoms with E-state index in [0.717, 1.165) is 24.1 Å². The summed E-state index contributed by atoms with van der Waals surface area (Å²) in [4.78, 5) is 5.17. The second-order valence-electron chi connectivity index (χ2n) is 8.16. The van der Waals surface area contributed by atoms with Gasteiger partial charge in [-0.25, -0.2) is 0 Å². The lowest BCUT2D eigenvalue weighted by molar-refractivity contribution is 0.180. The number of halogens is 1. The molecule has 1 unspecified atom stereocenters. The Balaban J connectivity index is 1.63. The van der Waals surface area contributed by atoms with Gasteiger partial charge in [-0.1, -0.05) is 64.5 Å². The molecule has 1 saturated heterocycles. The van der Waals surface area contributed by atoms with Crippen LogP contribution in [0, 0.1) is 6.92 Å². The molecule has 0 amide bonds. The molecule has 4 rings (SSSR count). The van der Waals surface area contributed by atoms with Crippen LogP contribution in [0.4, 0.5) is 0 Å². The Labute approximate surface area is 177 Å². The zero-order chi connectivity index (χ0) is 19.5. The molecule has 3 aromatic carbocycles. The summed E-state index contributed by atoms with van der Waals surface area (Å²) >= 11 is 3.66. The van der Waals surface area contributed by atoms with Crippen LogP contribution in [0.25, 0.3) is 10.8 Å². The van der Waals surface area contributed by atoms with Crippen LogP contribution < -0.4 is 0 Å². The molecule has 0 spiro atoms. The number of hydrogen-bond acceptors (Lipinski definition) is 2. The highest BCUT2D eigenvalue weighted by Gasteiger charge is 2.24. The predicted octanol–water partition coefficient (Wildman–Crippen LogP) is 6.01. The molecule has 28 heavy (non-hydrogen) atoms. The van der Waals surface area contributed by atoms with Crippen molar-refractivity contribution in [2.45, 2.75) is 38.9 Å². The number of likely N-dealkylation sites (N-methyl/N-ethyl adjacent to an activating group) is 1. The quantitative estimate of drug-likeness (QED) is 0.466. The maximum atomic E-state index is 3.66. The largest absolute Gasteiger partial charge is 0.302 e. The van der Waals surface area contributed by atoms with Gasteiger partial charge in [0, 0.05) is 30.1 Å². The van der Waals surface area contributed by atoms with Crippen LogP contribution in [-0.4, -0.2) is 36.0 Å². The lowest BCUT2D eigenvalue weighted by Gasteiger charge is -2.30. The maximum Gasteiger partial charge on any atom is 0.0244 e. The molecule has 1 aliphatic rings. The Morgan fingerprint density at radius 3 is 2.61 bits per heavy atom. The van der Waals surface area contributed by atoms with Gasteiger partial charge in [0.25, 0.3) is 0 Å². The molecule has 1 aliphatic heterocycles. The number of fused-ring (bicyclic) bond motifs is 1. The lowest BCUT2D eigenvalue weighted by atomic mass is 10.0. The number of hydrogen-bond donors (Lipinski definition) is 0. The van der Waals surface area contributed by atoms with E-state index in [4.69, 9.17) is 0 Å². The standard InChI is InChI=1S/C25H29BrN2/c1-19-12-13-23(26)15-22(19)17-28(18-24-10-6-14-27(24)2)16-21-9-5-8-20-7-3-4-11-25(20)21/h3-5,7-9,11-13,15,24H,6,10,14,16-18H2,1-2H3. The Morgan fingerprint density at radius 2 is 1.79 bits per heavy atom. The summed E-state index contributed by atoms with van der Waals surface area (Å²) < 4.78 is 1.16. The van der Waals surface area contributed by atoms with E-state index < -0.39 is 0 Å². The molecule has 146 valence electrons. The predicted molar refractivity (Wildman–Crippen MR) is 123 cm³/mol. The molecule has 0 radical (unpaired) electrons. The van der Waals surface area contributed by atoms with Gasteiger partial charge < -0.3 is 4.90 Å². The molecule has 0 aromatic heterocycles. The van der Waals surface area contributed by atoms with E-state index in [0.29, 0.717) is 6.04 Å². The molecule has 1 atom stereocenters. The zero-order valence-electron chi connectivity index (χ0n) is 16.9. The van der Waals surface area contributed by atoms with E-state index in [1.54, 1.807) is 0 Å². The van der Waals surface area contributed by atoms with Gasteiger partial charge in [0.1, 0.15) is 0 Å². The van der Waals surface area contributed by atoms with Crippen LogP contribution in [0.2, 0.25) is 0 Å². The van der Waals surface area contributed by atoms with Gasteiger partial charge in [0.2, 0.25) is 0 Å². The monoisotopic (exact) mass is 436 g/mol. The molecule has 0 saturated carbocycles. The van der Waals surface area contributed by atoms with Crippen LogP contribution in [-0.2, 0) is 13.1 Å². The van der Waals surface area contributed by atoms with Crippen LogP contribution in [0.15, 0.2) is 65.1 Å². The molecular weight excluding hydrogens is 408 g/mol. The second kappa shape index (κ2) is 8.77. The minimum absolute atomic E-state index is 0.655. The highest BCUT2D eigenvalue weighted by atomic mass is 79.9. The zero-order valence-corrected chi connectivity index (χ0v) is 18.5. The smallest absolute Gasteiger partial charge is 0.0244 e. The van der Waals surface area contributed by atoms with Crippen molar-refractivity contribution in [2.75, 3.05) is 20.1 Å². The first-order valence-electron chi connectivity index (χ1n) is 10.2. The van der Waals surface area contributed by atoms with Crippen molar-refractivity contribution < 1.29 is 0 Å². The van der Waals surface area contributed by atoms with Crippen molar-refractivity contribution in [3.8, 4) is 0 Å². The molecule has 3 aromatic rings. The second-order valence-corrected chi connectivity index (χ2v) is 9.07. The molecule has 0 N–H and O–H groups in total. The van der Waals surface area contributed by atoms with Gasteiger partial charge in [0.05, 0.1) is 0 Å². The van der Waals surface area contributed by atoms with E-state index in [1.807, 2.05) is 0 Å². The minimum Gasteiger partial charge on any atom is -0.302 e. The number of rotatable bonds is 6. The van der Waals surface area contributed by atoms with Crippen LogP contribution in [0.3, 0.4) is 0 Å². The van der Waals surface area contributed by atoms with Gasteiger partial charge >= 0.3 is 0 Å². The molecule has 1 heterocycles. The van der Waals surface area contributed by atoms with Crippen molar-refractivity contribution in [1.82, 2.24) is 9.80 Å². The fourth-order valence-electron chi connectivity index (χ4n) is 4.42. The molecule has 1 fully saturated rings. The number of aryl methyl sites for hydroxylation is 1. The average Bonchev–Trinajstić information content (AvgIpc) is 3.09. The van der Waals surface area contributed by atoms with E-state index in [2.05, 4.69) is 100 Å². The number of benzene rings is 3. The Morgan fingerprint density at radius 1 is 1.00 bits per heavy atom. The summed E-state index contributed by atoms with van der Waals surface area (Å²) in [5, 5.41) is 2.71. The van der Waals surface area contributed by atoms with Crippen molar-refractivity contribution in [2.24, 2.45) is 0 Å². The summed E-state index contributed by atoms with van der Waals surface area (Å²) in [6.45, 7) is 6.53. The molecular formula is C25H29BrN2. The molecule has 3 heteroatoms. The normalized spacial score (nSPS) is 17.6. The van der Waals surface area contributed by atoms with Crippen LogP contribution >= 0.6 is 15.9 Å². The van der Waals surface area contributed by atoms with Crippen molar-refractivity contribution in [3.63, 3.8) is 0 Å². The van der Waals surface area contributed by atoms with Crippen LogP contribution in [0.1, 0.15) is 29.5 Å². The first-order chi connectivity index (χ1) is 13.6. The minimum atomic E-state index is 0.655. The lowest BCUT2D eigenvalue weighted by Crippen LogP contribution is -2.38. The average molecular weight is 437 g/mol. The first kappa shape index (κ1) is 19.6. The topological polar surface area (TPSA) is 6.48 Å². The molecule has 0 aliphatic carbocycles. The molecule has 2 nitrogen and oxygen atoms in total. The Hall–Kier alpha value is -1.68. The van der Waals surface area contributed by atoms with Gasteiger partial charge in [-0.2, -0.15) is 0 Å². The van der Waals surface area contributed by atoms with Crippen molar-refractivity contribution >= 4 is 26.7 Å². The summed E-state index contributed by atoms with van der Waals surface area (Å²) in [6, 6.07) is 22.8. The number of likely N-dealkylation sites (tertiary alicyclic amines) is 1. The van der Waals surface area contributed by atoms with Gasteiger partial charge in [-0.15, -0.1) is 0 Å². The third kappa shape index (κ3) is 4.48. The Bertz CT molecular complexity index is 947. The van der Waals surface area contributed by atoms with E-state index in [1.165, 1.54) is 46.8 Å². The van der Waals surface area contributed by atoms with Gasteiger partial charge in [-0.3, -0.25) is 4.90 Å². The maximum absolute atomic E-state index is 3.66. The van der Waals surface area contributed by atoms with Crippen molar-refractivity contribution in [3.05, 3.63) is 81.8 Å². The molecule has 0 bridgehead atoms. The third-order valence-corrected chi connectivity index (χ3v) is 6.61. The van der Waals surface area contributed by atoms with Crippen LogP contribution in [0.5, 0.6) is 0 Å². The summed E-state index contributed by atoms with van der Waals surface area (Å²) in [6.07, 6.45) is 2.62. The fraction of sp³-hybridized carbons (Fsp3) is 0.360. The van der Waals surface area contributed by atoms with E-state index in [-0.39, 0.29) is 0 Å². The number of nitrogens with zero attached hydrogens (tertiary/aromatic N) is 2. The van der Waals surface area contributed by atoms with E-state index >= 15 is 0 Å². The van der Waals surface area contributed by atoms with Gasteiger partial charge in [-0.05, 0) is 73.0 Å². The highest BCUT2D eigenvalue weighted by molar-refractivity contribution is 9.10. The summed E-state index contributed by atoms with van der Waals surface area (Å²) in [5.74, 6) is 0. The Kier molecular flexibility index (Phi) is 6.15. The van der Waals surface area contributed by atoms with Crippen molar-refractivity contribution in [1.29, 1.82) is 0 Å². The van der Waals surface area contributed by atoms with Gasteiger partial charge in [0.15, 0.2) is 0 Å². The third-order valence-electron chi connectivity index (χ3n) is 6.12. The van der Waals surface area contributed by atoms with E-state index in [9.17, 15) is 0 Å². The first-order valence-corrected chi connectivity index (χ1v) is 11.0. The SMILES string of the molecule is Cc1ccc(Br)cc1CN(Cc1cccc2ccccc12)CC1CCCN1C. The summed E-state index contributed by atoms with van der Waals surface area (Å²) in [7, 11) is 2.28. The summed E-state index contributed by atoms with van der Waals surface area (Å²) in [5.41, 5.74) is 4.20.